The highest BCUT2D eigenvalue weighted by Crippen LogP contribution is 2.24. The minimum atomic E-state index is 0.776. The average Bonchev–Trinajstić information content (AvgIpc) is 2.73. The van der Waals surface area contributed by atoms with Crippen LogP contribution in [0.25, 0.3) is 5.69 Å². The number of halogens is 1. The molecule has 0 aliphatic rings. The minimum Gasteiger partial charge on any atom is -0.311 e. The highest BCUT2D eigenvalue weighted by Gasteiger charge is 2.11. The van der Waals surface area contributed by atoms with Crippen LogP contribution >= 0.6 is 15.9 Å². The minimum absolute atomic E-state index is 0.776. The summed E-state index contributed by atoms with van der Waals surface area (Å²) in [5, 5.41) is 11.5. The average molecular weight is 309 g/mol. The molecule has 1 aromatic carbocycles. The standard InChI is InChI=1S/C13H17BrN4/c1-4-15-7-12-8-16-17-18(12)13-9(2)5-11(14)6-10(13)3/h5-6,8,15H,4,7H2,1-3H3. The van der Waals surface area contributed by atoms with E-state index in [-0.39, 0.29) is 0 Å². The number of aromatic nitrogens is 3. The van der Waals surface area contributed by atoms with Crippen LogP contribution in [-0.2, 0) is 6.54 Å². The first kappa shape index (κ1) is 13.2. The van der Waals surface area contributed by atoms with Gasteiger partial charge in [0.2, 0.25) is 0 Å². The van der Waals surface area contributed by atoms with Crippen molar-refractivity contribution in [3.8, 4) is 5.69 Å². The van der Waals surface area contributed by atoms with E-state index < -0.39 is 0 Å². The van der Waals surface area contributed by atoms with Gasteiger partial charge >= 0.3 is 0 Å². The van der Waals surface area contributed by atoms with Gasteiger partial charge in [-0.15, -0.1) is 5.10 Å². The molecule has 5 heteroatoms. The maximum absolute atomic E-state index is 4.20. The van der Waals surface area contributed by atoms with Crippen LogP contribution in [0.3, 0.4) is 0 Å². The molecule has 0 aliphatic carbocycles. The Hall–Kier alpha value is -1.20. The summed E-state index contributed by atoms with van der Waals surface area (Å²) < 4.78 is 3.01. The van der Waals surface area contributed by atoms with Gasteiger partial charge in [0.1, 0.15) is 0 Å². The Bertz CT molecular complexity index is 525. The van der Waals surface area contributed by atoms with E-state index in [1.54, 1.807) is 0 Å². The predicted octanol–water partition coefficient (Wildman–Crippen LogP) is 2.76. The first-order chi connectivity index (χ1) is 8.63. The molecular weight excluding hydrogens is 292 g/mol. The van der Waals surface area contributed by atoms with E-state index in [1.807, 2.05) is 10.9 Å². The number of nitrogens with one attached hydrogen (secondary N) is 1. The summed E-state index contributed by atoms with van der Waals surface area (Å²) in [7, 11) is 0. The van der Waals surface area contributed by atoms with Crippen molar-refractivity contribution < 1.29 is 0 Å². The van der Waals surface area contributed by atoms with Gasteiger partial charge in [-0.05, 0) is 43.7 Å². The van der Waals surface area contributed by atoms with Crippen LogP contribution < -0.4 is 5.32 Å². The third kappa shape index (κ3) is 2.62. The molecule has 2 rings (SSSR count). The molecule has 0 saturated heterocycles. The second-order valence-electron chi connectivity index (χ2n) is 4.31. The quantitative estimate of drug-likeness (QED) is 0.944. The molecule has 0 fully saturated rings. The van der Waals surface area contributed by atoms with Crippen molar-refractivity contribution in [2.45, 2.75) is 27.3 Å². The SMILES string of the molecule is CCNCc1cnnn1-c1c(C)cc(Br)cc1C. The van der Waals surface area contributed by atoms with E-state index in [9.17, 15) is 0 Å². The molecular formula is C13H17BrN4. The number of aryl methyl sites for hydroxylation is 2. The van der Waals surface area contributed by atoms with Gasteiger partial charge in [-0.25, -0.2) is 4.68 Å². The summed E-state index contributed by atoms with van der Waals surface area (Å²) in [6.45, 7) is 7.98. The molecule has 1 N–H and O–H groups in total. The highest BCUT2D eigenvalue weighted by atomic mass is 79.9. The van der Waals surface area contributed by atoms with Crippen LogP contribution in [0.1, 0.15) is 23.7 Å². The zero-order chi connectivity index (χ0) is 13.1. The van der Waals surface area contributed by atoms with Gasteiger partial charge in [0, 0.05) is 11.0 Å². The van der Waals surface area contributed by atoms with Crippen molar-refractivity contribution in [1.82, 2.24) is 20.3 Å². The molecule has 1 aromatic heterocycles. The Labute approximate surface area is 116 Å². The highest BCUT2D eigenvalue weighted by molar-refractivity contribution is 9.10. The predicted molar refractivity (Wildman–Crippen MR) is 75.9 cm³/mol. The molecule has 0 spiro atoms. The van der Waals surface area contributed by atoms with Gasteiger partial charge in [0.15, 0.2) is 0 Å². The molecule has 0 amide bonds. The molecule has 0 radical (unpaired) electrons. The lowest BCUT2D eigenvalue weighted by Gasteiger charge is -2.13. The van der Waals surface area contributed by atoms with Crippen LogP contribution in [0.15, 0.2) is 22.8 Å². The fourth-order valence-corrected chi connectivity index (χ4v) is 2.74. The lowest BCUT2D eigenvalue weighted by molar-refractivity contribution is 0.670. The topological polar surface area (TPSA) is 42.7 Å². The number of rotatable bonds is 4. The summed E-state index contributed by atoms with van der Waals surface area (Å²) >= 11 is 3.51. The van der Waals surface area contributed by atoms with E-state index in [2.05, 4.69) is 64.5 Å². The Balaban J connectivity index is 2.46. The monoisotopic (exact) mass is 308 g/mol. The van der Waals surface area contributed by atoms with Gasteiger partial charge < -0.3 is 5.32 Å². The number of hydrogen-bond donors (Lipinski definition) is 1. The van der Waals surface area contributed by atoms with Gasteiger partial charge in [-0.1, -0.05) is 28.1 Å². The number of nitrogens with zero attached hydrogens (tertiary/aromatic N) is 3. The van der Waals surface area contributed by atoms with Crippen molar-refractivity contribution in [3.05, 3.63) is 39.6 Å². The van der Waals surface area contributed by atoms with E-state index in [0.717, 1.165) is 28.9 Å². The summed E-state index contributed by atoms with van der Waals surface area (Å²) in [6, 6.07) is 4.20. The number of hydrogen-bond acceptors (Lipinski definition) is 3. The molecule has 0 bridgehead atoms. The second-order valence-corrected chi connectivity index (χ2v) is 5.22. The lowest BCUT2D eigenvalue weighted by atomic mass is 10.1. The fourth-order valence-electron chi connectivity index (χ4n) is 2.06. The smallest absolute Gasteiger partial charge is 0.0783 e. The van der Waals surface area contributed by atoms with Crippen LogP contribution in [0, 0.1) is 13.8 Å². The van der Waals surface area contributed by atoms with E-state index in [1.165, 1.54) is 11.1 Å². The molecule has 0 saturated carbocycles. The van der Waals surface area contributed by atoms with Gasteiger partial charge in [-0.2, -0.15) is 0 Å². The molecule has 4 nitrogen and oxygen atoms in total. The molecule has 96 valence electrons. The van der Waals surface area contributed by atoms with E-state index >= 15 is 0 Å². The summed E-state index contributed by atoms with van der Waals surface area (Å²) in [5.41, 5.74) is 4.56. The first-order valence-electron chi connectivity index (χ1n) is 6.01. The molecule has 0 unspecified atom stereocenters. The third-order valence-electron chi connectivity index (χ3n) is 2.84. The van der Waals surface area contributed by atoms with Gasteiger partial charge in [-0.3, -0.25) is 0 Å². The molecule has 0 aliphatic heterocycles. The largest absolute Gasteiger partial charge is 0.311 e. The fraction of sp³-hybridized carbons (Fsp3) is 0.385. The summed E-state index contributed by atoms with van der Waals surface area (Å²) in [4.78, 5) is 0. The number of benzene rings is 1. The first-order valence-corrected chi connectivity index (χ1v) is 6.80. The van der Waals surface area contributed by atoms with Crippen molar-refractivity contribution in [2.24, 2.45) is 0 Å². The molecule has 1 heterocycles. The van der Waals surface area contributed by atoms with E-state index in [4.69, 9.17) is 0 Å². The van der Waals surface area contributed by atoms with Crippen LogP contribution in [0.2, 0.25) is 0 Å². The summed E-state index contributed by atoms with van der Waals surface area (Å²) in [5.74, 6) is 0. The van der Waals surface area contributed by atoms with Crippen molar-refractivity contribution in [3.63, 3.8) is 0 Å². The van der Waals surface area contributed by atoms with Gasteiger partial charge in [0.25, 0.3) is 0 Å². The molecule has 0 atom stereocenters. The maximum Gasteiger partial charge on any atom is 0.0783 e. The Kier molecular flexibility index (Phi) is 4.14. The maximum atomic E-state index is 4.20. The van der Waals surface area contributed by atoms with Crippen LogP contribution in [0.5, 0.6) is 0 Å². The molecule has 2 aromatic rings. The van der Waals surface area contributed by atoms with Crippen molar-refractivity contribution >= 4 is 15.9 Å². The normalized spacial score (nSPS) is 10.9. The Morgan fingerprint density at radius 1 is 1.28 bits per heavy atom. The lowest BCUT2D eigenvalue weighted by Crippen LogP contribution is -2.16. The third-order valence-corrected chi connectivity index (χ3v) is 3.30. The van der Waals surface area contributed by atoms with Crippen molar-refractivity contribution in [2.75, 3.05) is 6.54 Å². The van der Waals surface area contributed by atoms with Crippen molar-refractivity contribution in [1.29, 1.82) is 0 Å². The zero-order valence-electron chi connectivity index (χ0n) is 10.9. The summed E-state index contributed by atoms with van der Waals surface area (Å²) in [6.07, 6.45) is 1.81. The Morgan fingerprint density at radius 2 is 1.94 bits per heavy atom. The second kappa shape index (κ2) is 5.63. The van der Waals surface area contributed by atoms with Gasteiger partial charge in [0.05, 0.1) is 17.6 Å². The van der Waals surface area contributed by atoms with E-state index in [0.29, 0.717) is 0 Å². The van der Waals surface area contributed by atoms with Crippen LogP contribution in [0.4, 0.5) is 0 Å². The Morgan fingerprint density at radius 3 is 2.56 bits per heavy atom. The van der Waals surface area contributed by atoms with Crippen LogP contribution in [-0.4, -0.2) is 21.5 Å². The zero-order valence-corrected chi connectivity index (χ0v) is 12.5. The molecule has 18 heavy (non-hydrogen) atoms.